The van der Waals surface area contributed by atoms with Gasteiger partial charge in [-0.2, -0.15) is 15.0 Å². The molecule has 1 atom stereocenters. The summed E-state index contributed by atoms with van der Waals surface area (Å²) in [5, 5.41) is 0.183. The molecule has 0 saturated carbocycles. The van der Waals surface area contributed by atoms with Gasteiger partial charge in [-0.3, -0.25) is 0 Å². The zero-order valence-corrected chi connectivity index (χ0v) is 12.2. The van der Waals surface area contributed by atoms with Crippen molar-refractivity contribution >= 4 is 17.5 Å². The predicted octanol–water partition coefficient (Wildman–Crippen LogP) is 2.07. The van der Waals surface area contributed by atoms with E-state index in [4.69, 9.17) is 21.1 Å². The van der Waals surface area contributed by atoms with Crippen LogP contribution in [0.2, 0.25) is 5.28 Å². The van der Waals surface area contributed by atoms with Crippen LogP contribution in [-0.2, 0) is 4.74 Å². The Morgan fingerprint density at radius 1 is 1.15 bits per heavy atom. The van der Waals surface area contributed by atoms with Crippen molar-refractivity contribution in [1.82, 2.24) is 15.0 Å². The lowest BCUT2D eigenvalue weighted by molar-refractivity contribution is 0.0644. The van der Waals surface area contributed by atoms with E-state index in [-0.39, 0.29) is 11.4 Å². The number of anilines is 1. The monoisotopic (exact) mass is 298 g/mol. The second kappa shape index (κ2) is 6.54. The standard InChI is InChI=1S/C13H19ClN4O2/c14-11-15-12(18-6-2-1-3-7-18)17-13(16-11)20-9-10-5-4-8-19-10/h10H,1-9H2. The molecule has 0 aromatic carbocycles. The summed E-state index contributed by atoms with van der Waals surface area (Å²) in [4.78, 5) is 14.7. The van der Waals surface area contributed by atoms with Crippen LogP contribution in [0.4, 0.5) is 5.95 Å². The van der Waals surface area contributed by atoms with Crippen molar-refractivity contribution in [2.45, 2.75) is 38.2 Å². The van der Waals surface area contributed by atoms with Crippen LogP contribution in [0, 0.1) is 0 Å². The number of halogens is 1. The summed E-state index contributed by atoms with van der Waals surface area (Å²) in [5.74, 6) is 0.618. The fourth-order valence-corrected chi connectivity index (χ4v) is 2.71. The largest absolute Gasteiger partial charge is 0.461 e. The van der Waals surface area contributed by atoms with E-state index in [0.29, 0.717) is 18.6 Å². The molecule has 0 bridgehead atoms. The van der Waals surface area contributed by atoms with Gasteiger partial charge in [0.2, 0.25) is 11.2 Å². The number of aromatic nitrogens is 3. The number of hydrogen-bond acceptors (Lipinski definition) is 6. The van der Waals surface area contributed by atoms with Gasteiger partial charge in [0.05, 0.1) is 6.10 Å². The summed E-state index contributed by atoms with van der Waals surface area (Å²) < 4.78 is 11.1. The Morgan fingerprint density at radius 2 is 2.00 bits per heavy atom. The molecule has 2 aliphatic rings. The fraction of sp³-hybridized carbons (Fsp3) is 0.769. The van der Waals surface area contributed by atoms with Crippen LogP contribution < -0.4 is 9.64 Å². The van der Waals surface area contributed by atoms with E-state index < -0.39 is 0 Å². The first-order valence-electron chi connectivity index (χ1n) is 7.22. The lowest BCUT2D eigenvalue weighted by Gasteiger charge is -2.26. The molecule has 0 spiro atoms. The first kappa shape index (κ1) is 13.8. The first-order chi connectivity index (χ1) is 9.81. The van der Waals surface area contributed by atoms with Gasteiger partial charge in [0.15, 0.2) is 0 Å². The molecule has 3 rings (SSSR count). The van der Waals surface area contributed by atoms with E-state index in [2.05, 4.69) is 19.9 Å². The number of nitrogens with zero attached hydrogens (tertiary/aromatic N) is 4. The number of piperidine rings is 1. The maximum Gasteiger partial charge on any atom is 0.322 e. The summed E-state index contributed by atoms with van der Waals surface area (Å²) in [6.07, 6.45) is 5.84. The minimum atomic E-state index is 0.143. The van der Waals surface area contributed by atoms with Gasteiger partial charge in [-0.1, -0.05) is 0 Å². The third-order valence-electron chi connectivity index (χ3n) is 3.64. The highest BCUT2D eigenvalue weighted by Gasteiger charge is 2.19. The maximum absolute atomic E-state index is 5.96. The van der Waals surface area contributed by atoms with Gasteiger partial charge in [-0.05, 0) is 43.7 Å². The van der Waals surface area contributed by atoms with Crippen molar-refractivity contribution in [2.75, 3.05) is 31.2 Å². The van der Waals surface area contributed by atoms with Gasteiger partial charge in [-0.25, -0.2) is 0 Å². The Bertz CT molecular complexity index is 448. The predicted molar refractivity (Wildman–Crippen MR) is 75.4 cm³/mol. The van der Waals surface area contributed by atoms with Gasteiger partial charge in [0, 0.05) is 19.7 Å². The quantitative estimate of drug-likeness (QED) is 0.848. The highest BCUT2D eigenvalue weighted by Crippen LogP contribution is 2.20. The molecule has 0 radical (unpaired) electrons. The van der Waals surface area contributed by atoms with Crippen LogP contribution in [0.5, 0.6) is 6.01 Å². The topological polar surface area (TPSA) is 60.4 Å². The van der Waals surface area contributed by atoms with E-state index in [1.165, 1.54) is 6.42 Å². The number of rotatable bonds is 4. The highest BCUT2D eigenvalue weighted by atomic mass is 35.5. The van der Waals surface area contributed by atoms with Crippen LogP contribution in [-0.4, -0.2) is 47.4 Å². The van der Waals surface area contributed by atoms with Crippen molar-refractivity contribution in [1.29, 1.82) is 0 Å². The summed E-state index contributed by atoms with van der Waals surface area (Å²) >= 11 is 5.96. The third kappa shape index (κ3) is 3.49. The lowest BCUT2D eigenvalue weighted by Crippen LogP contribution is -2.31. The van der Waals surface area contributed by atoms with Gasteiger partial charge >= 0.3 is 6.01 Å². The van der Waals surface area contributed by atoms with Crippen LogP contribution in [0.3, 0.4) is 0 Å². The van der Waals surface area contributed by atoms with E-state index in [1.807, 2.05) is 0 Å². The molecule has 110 valence electrons. The maximum atomic E-state index is 5.96. The normalized spacial score (nSPS) is 23.1. The van der Waals surface area contributed by atoms with Crippen LogP contribution in [0.15, 0.2) is 0 Å². The molecule has 2 aliphatic heterocycles. The van der Waals surface area contributed by atoms with Crippen LogP contribution in [0.25, 0.3) is 0 Å². The lowest BCUT2D eigenvalue weighted by atomic mass is 10.1. The van der Waals surface area contributed by atoms with Crippen molar-refractivity contribution in [3.8, 4) is 6.01 Å². The van der Waals surface area contributed by atoms with Crippen molar-refractivity contribution in [2.24, 2.45) is 0 Å². The molecule has 1 unspecified atom stereocenters. The smallest absolute Gasteiger partial charge is 0.322 e. The summed E-state index contributed by atoms with van der Waals surface area (Å²) in [5.41, 5.74) is 0. The van der Waals surface area contributed by atoms with Gasteiger partial charge in [0.25, 0.3) is 0 Å². The molecule has 2 saturated heterocycles. The average molecular weight is 299 g/mol. The molecule has 0 aliphatic carbocycles. The molecule has 7 heteroatoms. The van der Waals surface area contributed by atoms with Gasteiger partial charge in [0.1, 0.15) is 6.61 Å². The molecule has 6 nitrogen and oxygen atoms in total. The van der Waals surface area contributed by atoms with Crippen molar-refractivity contribution in [3.63, 3.8) is 0 Å². The Kier molecular flexibility index (Phi) is 4.52. The summed E-state index contributed by atoms with van der Waals surface area (Å²) in [7, 11) is 0. The molecule has 1 aromatic heterocycles. The minimum Gasteiger partial charge on any atom is -0.461 e. The Hall–Kier alpha value is -1.14. The molecule has 3 heterocycles. The Morgan fingerprint density at radius 3 is 2.75 bits per heavy atom. The summed E-state index contributed by atoms with van der Waals surface area (Å²) in [6.45, 7) is 3.21. The highest BCUT2D eigenvalue weighted by molar-refractivity contribution is 6.28. The number of ether oxygens (including phenoxy) is 2. The Labute approximate surface area is 123 Å². The number of hydrogen-bond donors (Lipinski definition) is 0. The van der Waals surface area contributed by atoms with E-state index >= 15 is 0 Å². The zero-order valence-electron chi connectivity index (χ0n) is 11.4. The second-order valence-corrected chi connectivity index (χ2v) is 5.52. The molecule has 0 amide bonds. The Balaban J connectivity index is 1.65. The van der Waals surface area contributed by atoms with Crippen LogP contribution >= 0.6 is 11.6 Å². The molecular weight excluding hydrogens is 280 g/mol. The van der Waals surface area contributed by atoms with Gasteiger partial charge < -0.3 is 14.4 Å². The van der Waals surface area contributed by atoms with E-state index in [0.717, 1.165) is 45.4 Å². The molecule has 20 heavy (non-hydrogen) atoms. The van der Waals surface area contributed by atoms with E-state index in [1.54, 1.807) is 0 Å². The van der Waals surface area contributed by atoms with Crippen LogP contribution in [0.1, 0.15) is 32.1 Å². The minimum absolute atomic E-state index is 0.143. The van der Waals surface area contributed by atoms with Gasteiger partial charge in [-0.15, -0.1) is 0 Å². The fourth-order valence-electron chi connectivity index (χ4n) is 2.57. The third-order valence-corrected chi connectivity index (χ3v) is 3.81. The molecule has 0 N–H and O–H groups in total. The second-order valence-electron chi connectivity index (χ2n) is 5.18. The van der Waals surface area contributed by atoms with Crippen molar-refractivity contribution < 1.29 is 9.47 Å². The SMILES string of the molecule is Clc1nc(OCC2CCCO2)nc(N2CCCCC2)n1. The zero-order chi connectivity index (χ0) is 13.8. The average Bonchev–Trinajstić information content (AvgIpc) is 2.99. The summed E-state index contributed by atoms with van der Waals surface area (Å²) in [6, 6.07) is 0.293. The first-order valence-corrected chi connectivity index (χ1v) is 7.60. The van der Waals surface area contributed by atoms with E-state index in [9.17, 15) is 0 Å². The molecule has 2 fully saturated rings. The van der Waals surface area contributed by atoms with Crippen molar-refractivity contribution in [3.05, 3.63) is 5.28 Å². The molecular formula is C13H19ClN4O2. The molecule has 1 aromatic rings.